The highest BCUT2D eigenvalue weighted by molar-refractivity contribution is 5.91. The first-order valence-corrected chi connectivity index (χ1v) is 14.2. The van der Waals surface area contributed by atoms with Crippen LogP contribution in [0.3, 0.4) is 0 Å². The van der Waals surface area contributed by atoms with Gasteiger partial charge in [0.2, 0.25) is 0 Å². The van der Waals surface area contributed by atoms with Crippen molar-refractivity contribution in [3.05, 3.63) is 71.8 Å². The van der Waals surface area contributed by atoms with Crippen LogP contribution in [0.15, 0.2) is 54.9 Å². The molecule has 204 valence electrons. The van der Waals surface area contributed by atoms with Gasteiger partial charge in [-0.1, -0.05) is 71.6 Å². The lowest BCUT2D eigenvalue weighted by Gasteiger charge is -2.09. The highest BCUT2D eigenvalue weighted by Crippen LogP contribution is 2.23. The molecule has 6 heteroatoms. The predicted molar refractivity (Wildman–Crippen MR) is 150 cm³/mol. The van der Waals surface area contributed by atoms with E-state index in [1.54, 1.807) is 30.3 Å². The minimum Gasteiger partial charge on any atom is -0.493 e. The Balaban J connectivity index is 1.47. The Morgan fingerprint density at radius 2 is 1.37 bits per heavy atom. The molecule has 1 aromatic heterocycles. The van der Waals surface area contributed by atoms with Gasteiger partial charge in [0.15, 0.2) is 5.82 Å². The van der Waals surface area contributed by atoms with Gasteiger partial charge in [-0.05, 0) is 61.2 Å². The van der Waals surface area contributed by atoms with E-state index in [0.717, 1.165) is 36.8 Å². The van der Waals surface area contributed by atoms with Crippen molar-refractivity contribution in [3.8, 4) is 22.9 Å². The monoisotopic (exact) mass is 520 g/mol. The van der Waals surface area contributed by atoms with Crippen LogP contribution in [0, 0.1) is 5.82 Å². The molecule has 0 bridgehead atoms. The Bertz CT molecular complexity index is 1100. The fourth-order valence-corrected chi connectivity index (χ4v) is 4.22. The molecule has 2 aromatic carbocycles. The van der Waals surface area contributed by atoms with Gasteiger partial charge in [0.1, 0.15) is 17.3 Å². The van der Waals surface area contributed by atoms with Crippen molar-refractivity contribution in [2.45, 2.75) is 90.9 Å². The van der Waals surface area contributed by atoms with E-state index in [1.165, 1.54) is 63.5 Å². The first-order chi connectivity index (χ1) is 18.6. The molecule has 0 atom stereocenters. The number of benzene rings is 2. The van der Waals surface area contributed by atoms with Crippen molar-refractivity contribution in [1.29, 1.82) is 0 Å². The molecule has 0 amide bonds. The summed E-state index contributed by atoms with van der Waals surface area (Å²) in [5.74, 6) is -0.0649. The molecule has 0 spiro atoms. The average molecular weight is 521 g/mol. The van der Waals surface area contributed by atoms with Crippen LogP contribution >= 0.6 is 0 Å². The second-order valence-electron chi connectivity index (χ2n) is 9.75. The third-order valence-corrected chi connectivity index (χ3v) is 6.52. The molecule has 0 N–H and O–H groups in total. The van der Waals surface area contributed by atoms with Gasteiger partial charge in [0.25, 0.3) is 0 Å². The molecule has 0 radical (unpaired) electrons. The number of esters is 1. The van der Waals surface area contributed by atoms with Gasteiger partial charge in [0.05, 0.1) is 12.2 Å². The number of aryl methyl sites for hydroxylation is 1. The topological polar surface area (TPSA) is 61.3 Å². The second kappa shape index (κ2) is 16.5. The number of hydrogen-bond donors (Lipinski definition) is 0. The molecule has 3 aromatic rings. The Kier molecular flexibility index (Phi) is 12.7. The van der Waals surface area contributed by atoms with E-state index in [-0.39, 0.29) is 5.56 Å². The first-order valence-electron chi connectivity index (χ1n) is 14.2. The van der Waals surface area contributed by atoms with Crippen molar-refractivity contribution in [2.24, 2.45) is 0 Å². The maximum atomic E-state index is 14.5. The molecule has 0 saturated carbocycles. The quantitative estimate of drug-likeness (QED) is 0.101. The summed E-state index contributed by atoms with van der Waals surface area (Å²) < 4.78 is 25.5. The van der Waals surface area contributed by atoms with Crippen molar-refractivity contribution >= 4 is 5.97 Å². The summed E-state index contributed by atoms with van der Waals surface area (Å²) in [6, 6.07) is 11.1. The van der Waals surface area contributed by atoms with E-state index in [2.05, 4.69) is 23.8 Å². The number of carbonyl (C=O) groups excluding carboxylic acids is 1. The largest absolute Gasteiger partial charge is 0.493 e. The SMILES string of the molecule is CCCCCCCCc1cnc(-c2ccc(OC(=O)c3ccc(OCCCCCCC)cc3F)cc2)nc1. The summed E-state index contributed by atoms with van der Waals surface area (Å²) >= 11 is 0. The fraction of sp³-hybridized carbons (Fsp3) is 0.469. The minimum atomic E-state index is -0.753. The van der Waals surface area contributed by atoms with Crippen LogP contribution < -0.4 is 9.47 Å². The highest BCUT2D eigenvalue weighted by atomic mass is 19.1. The van der Waals surface area contributed by atoms with Crippen molar-refractivity contribution in [3.63, 3.8) is 0 Å². The minimum absolute atomic E-state index is 0.131. The van der Waals surface area contributed by atoms with Gasteiger partial charge in [-0.25, -0.2) is 19.2 Å². The van der Waals surface area contributed by atoms with Gasteiger partial charge in [-0.15, -0.1) is 0 Å². The van der Waals surface area contributed by atoms with Gasteiger partial charge in [-0.2, -0.15) is 0 Å². The van der Waals surface area contributed by atoms with Crippen LogP contribution in [0.5, 0.6) is 11.5 Å². The van der Waals surface area contributed by atoms with Crippen molar-refractivity contribution in [2.75, 3.05) is 6.61 Å². The van der Waals surface area contributed by atoms with Gasteiger partial charge in [-0.3, -0.25) is 0 Å². The third-order valence-electron chi connectivity index (χ3n) is 6.52. The van der Waals surface area contributed by atoms with E-state index in [4.69, 9.17) is 9.47 Å². The summed E-state index contributed by atoms with van der Waals surface area (Å²) in [5.41, 5.74) is 1.83. The van der Waals surface area contributed by atoms with E-state index in [1.807, 2.05) is 12.4 Å². The molecule has 0 aliphatic heterocycles. The molecule has 0 saturated heterocycles. The van der Waals surface area contributed by atoms with Crippen LogP contribution in [0.4, 0.5) is 4.39 Å². The lowest BCUT2D eigenvalue weighted by atomic mass is 10.1. The number of hydrogen-bond acceptors (Lipinski definition) is 5. The zero-order chi connectivity index (χ0) is 27.0. The smallest absolute Gasteiger partial charge is 0.346 e. The number of ether oxygens (including phenoxy) is 2. The second-order valence-corrected chi connectivity index (χ2v) is 9.75. The van der Waals surface area contributed by atoms with Crippen molar-refractivity contribution < 1.29 is 18.7 Å². The molecule has 1 heterocycles. The molecule has 38 heavy (non-hydrogen) atoms. The Morgan fingerprint density at radius 3 is 2.03 bits per heavy atom. The zero-order valence-electron chi connectivity index (χ0n) is 22.9. The lowest BCUT2D eigenvalue weighted by Crippen LogP contribution is -2.11. The number of carbonyl (C=O) groups is 1. The summed E-state index contributed by atoms with van der Waals surface area (Å²) in [4.78, 5) is 21.5. The molecule has 0 unspecified atom stereocenters. The number of nitrogens with zero attached hydrogens (tertiary/aromatic N) is 2. The molecule has 3 rings (SSSR count). The summed E-state index contributed by atoms with van der Waals surface area (Å²) in [6.07, 6.45) is 17.9. The molecule has 0 aliphatic rings. The number of aromatic nitrogens is 2. The van der Waals surface area contributed by atoms with Crippen LogP contribution in [0.1, 0.15) is 100 Å². The summed E-state index contributed by atoms with van der Waals surface area (Å²) in [5, 5.41) is 0. The van der Waals surface area contributed by atoms with Crippen molar-refractivity contribution in [1.82, 2.24) is 9.97 Å². The van der Waals surface area contributed by atoms with Gasteiger partial charge in [0, 0.05) is 24.0 Å². The number of halogens is 1. The predicted octanol–water partition coefficient (Wildman–Crippen LogP) is 8.75. The van der Waals surface area contributed by atoms with Crippen LogP contribution in [-0.2, 0) is 6.42 Å². The third kappa shape index (κ3) is 9.88. The van der Waals surface area contributed by atoms with Crippen LogP contribution in [0.2, 0.25) is 0 Å². The number of unbranched alkanes of at least 4 members (excludes halogenated alkanes) is 9. The fourth-order valence-electron chi connectivity index (χ4n) is 4.22. The Hall–Kier alpha value is -3.28. The molecule has 0 aliphatic carbocycles. The maximum absolute atomic E-state index is 14.5. The van der Waals surface area contributed by atoms with Gasteiger partial charge < -0.3 is 9.47 Å². The zero-order valence-corrected chi connectivity index (χ0v) is 22.9. The van der Waals surface area contributed by atoms with Crippen LogP contribution in [-0.4, -0.2) is 22.5 Å². The van der Waals surface area contributed by atoms with Crippen LogP contribution in [0.25, 0.3) is 11.4 Å². The Labute approximate surface area is 226 Å². The van der Waals surface area contributed by atoms with E-state index < -0.39 is 11.8 Å². The first kappa shape index (κ1) is 29.3. The van der Waals surface area contributed by atoms with E-state index in [0.29, 0.717) is 23.9 Å². The maximum Gasteiger partial charge on any atom is 0.346 e. The summed E-state index contributed by atoms with van der Waals surface area (Å²) in [6.45, 7) is 4.93. The van der Waals surface area contributed by atoms with Gasteiger partial charge >= 0.3 is 5.97 Å². The average Bonchev–Trinajstić information content (AvgIpc) is 2.93. The normalized spacial score (nSPS) is 10.9. The molecule has 0 fully saturated rings. The van der Waals surface area contributed by atoms with E-state index >= 15 is 0 Å². The number of rotatable bonds is 17. The summed E-state index contributed by atoms with van der Waals surface area (Å²) in [7, 11) is 0. The lowest BCUT2D eigenvalue weighted by molar-refractivity contribution is 0.0730. The standard InChI is InChI=1S/C32H41FN2O3/c1-3-5-7-9-10-12-14-25-23-34-31(35-24-25)26-15-17-27(18-16-26)38-32(36)29-20-19-28(22-30(29)33)37-21-13-11-8-6-4-2/h15-20,22-24H,3-14,21H2,1-2H3. The molecular weight excluding hydrogens is 479 g/mol. The van der Waals surface area contributed by atoms with E-state index in [9.17, 15) is 9.18 Å². The highest BCUT2D eigenvalue weighted by Gasteiger charge is 2.15. The molecule has 5 nitrogen and oxygen atoms in total. The Morgan fingerprint density at radius 1 is 0.763 bits per heavy atom. The molecular formula is C32H41FN2O3.